The Balaban J connectivity index is 1.49. The van der Waals surface area contributed by atoms with E-state index in [1.54, 1.807) is 36.6 Å². The number of thiazole rings is 1. The molecule has 2 aromatic rings. The third-order valence-corrected chi connectivity index (χ3v) is 11.7. The Bertz CT molecular complexity index is 1580. The number of nitrogens with zero attached hydrogens (tertiary/aromatic N) is 5. The molecule has 2 fully saturated rings. The van der Waals surface area contributed by atoms with E-state index >= 15 is 0 Å². The van der Waals surface area contributed by atoms with Gasteiger partial charge < -0.3 is 25.0 Å². The van der Waals surface area contributed by atoms with E-state index in [0.29, 0.717) is 30.1 Å². The van der Waals surface area contributed by atoms with Gasteiger partial charge in [-0.05, 0) is 76.4 Å². The van der Waals surface area contributed by atoms with E-state index in [9.17, 15) is 24.0 Å². The van der Waals surface area contributed by atoms with Crippen LogP contribution >= 0.6 is 11.3 Å². The number of rotatable bonds is 18. The van der Waals surface area contributed by atoms with E-state index in [1.807, 2.05) is 27.8 Å². The maximum absolute atomic E-state index is 14.2. The van der Waals surface area contributed by atoms with E-state index in [4.69, 9.17) is 9.47 Å². The summed E-state index contributed by atoms with van der Waals surface area (Å²) in [6, 6.07) is -1.66. The number of likely N-dealkylation sites (tertiary alicyclic amines) is 1. The topological polar surface area (TPSA) is 173 Å². The van der Waals surface area contributed by atoms with E-state index < -0.39 is 36.0 Å². The van der Waals surface area contributed by atoms with Crippen LogP contribution in [0.5, 0.6) is 0 Å². The zero-order valence-electron chi connectivity index (χ0n) is 33.1. The van der Waals surface area contributed by atoms with Gasteiger partial charge in [0.1, 0.15) is 22.6 Å². The van der Waals surface area contributed by atoms with Crippen LogP contribution < -0.4 is 10.6 Å². The Kier molecular flexibility index (Phi) is 15.9. The SMILES string of the molecule is COC(=O)[C@@H](C)C[C@H](CCc1ncc(C)cn1)NC(=O)c1csc([C@@H](C[C@H](C(C)C)N(C)C(=O)[C@@H](NC(=O)[C@H]2CCCCN2C)C2CCC2)OC(C)=O)n1. The lowest BCUT2D eigenvalue weighted by atomic mass is 9.78. The van der Waals surface area contributed by atoms with Crippen molar-refractivity contribution in [3.8, 4) is 0 Å². The fourth-order valence-corrected chi connectivity index (χ4v) is 8.15. The molecule has 0 bridgehead atoms. The molecule has 3 amide bonds. The Morgan fingerprint density at radius 1 is 1.02 bits per heavy atom. The number of carbonyl (C=O) groups is 5. The minimum atomic E-state index is -0.821. The number of amides is 3. The monoisotopic (exact) mass is 769 g/mol. The van der Waals surface area contributed by atoms with Crippen molar-refractivity contribution in [3.05, 3.63) is 39.9 Å². The molecule has 2 aromatic heterocycles. The number of ether oxygens (including phenoxy) is 2. The fraction of sp³-hybridized carbons (Fsp3) is 0.692. The smallest absolute Gasteiger partial charge is 0.308 e. The molecule has 0 aromatic carbocycles. The summed E-state index contributed by atoms with van der Waals surface area (Å²) in [6.07, 6.45) is 9.80. The Hall–Kier alpha value is -3.98. The number of aryl methyl sites for hydroxylation is 2. The average molecular weight is 770 g/mol. The lowest BCUT2D eigenvalue weighted by molar-refractivity contribution is -0.149. The summed E-state index contributed by atoms with van der Waals surface area (Å²) in [4.78, 5) is 83.1. The highest BCUT2D eigenvalue weighted by Gasteiger charge is 2.40. The summed E-state index contributed by atoms with van der Waals surface area (Å²) in [5.41, 5.74) is 1.09. The van der Waals surface area contributed by atoms with Crippen molar-refractivity contribution in [1.82, 2.24) is 35.4 Å². The zero-order valence-corrected chi connectivity index (χ0v) is 33.9. The van der Waals surface area contributed by atoms with Crippen LogP contribution in [-0.4, -0.2) is 106 Å². The minimum Gasteiger partial charge on any atom is -0.469 e. The quantitative estimate of drug-likeness (QED) is 0.206. The number of piperidine rings is 1. The van der Waals surface area contributed by atoms with Gasteiger partial charge in [-0.3, -0.25) is 28.9 Å². The van der Waals surface area contributed by atoms with E-state index in [2.05, 4.69) is 30.5 Å². The molecule has 298 valence electrons. The molecule has 15 heteroatoms. The van der Waals surface area contributed by atoms with Crippen molar-refractivity contribution in [2.24, 2.45) is 17.8 Å². The van der Waals surface area contributed by atoms with Crippen LogP contribution in [-0.2, 0) is 35.1 Å². The van der Waals surface area contributed by atoms with Crippen molar-refractivity contribution in [3.63, 3.8) is 0 Å². The number of methoxy groups -OCH3 is 1. The van der Waals surface area contributed by atoms with Crippen molar-refractivity contribution in [1.29, 1.82) is 0 Å². The Morgan fingerprint density at radius 2 is 1.72 bits per heavy atom. The Morgan fingerprint density at radius 3 is 2.31 bits per heavy atom. The minimum absolute atomic E-state index is 0.0305. The van der Waals surface area contributed by atoms with Gasteiger partial charge in [-0.25, -0.2) is 15.0 Å². The van der Waals surface area contributed by atoms with Crippen LogP contribution in [0.2, 0.25) is 0 Å². The summed E-state index contributed by atoms with van der Waals surface area (Å²) >= 11 is 1.20. The zero-order chi connectivity index (χ0) is 39.5. The number of nitrogens with one attached hydrogen (secondary N) is 2. The van der Waals surface area contributed by atoms with Gasteiger partial charge >= 0.3 is 11.9 Å². The molecule has 54 heavy (non-hydrogen) atoms. The second kappa shape index (κ2) is 20.1. The molecule has 0 spiro atoms. The van der Waals surface area contributed by atoms with Crippen LogP contribution in [0.4, 0.5) is 0 Å². The van der Waals surface area contributed by atoms with E-state index in [0.717, 1.165) is 50.6 Å². The number of likely N-dealkylation sites (N-methyl/N-ethyl adjacent to an activating group) is 2. The van der Waals surface area contributed by atoms with Gasteiger partial charge in [-0.2, -0.15) is 0 Å². The van der Waals surface area contributed by atoms with Gasteiger partial charge in [0.2, 0.25) is 11.8 Å². The predicted octanol–water partition coefficient (Wildman–Crippen LogP) is 4.42. The van der Waals surface area contributed by atoms with Crippen LogP contribution in [0.1, 0.15) is 118 Å². The normalized spacial score (nSPS) is 19.1. The maximum Gasteiger partial charge on any atom is 0.308 e. The van der Waals surface area contributed by atoms with Crippen LogP contribution in [0.15, 0.2) is 17.8 Å². The molecule has 6 atom stereocenters. The number of hydrogen-bond donors (Lipinski definition) is 2. The third-order valence-electron chi connectivity index (χ3n) is 10.8. The fourth-order valence-electron chi connectivity index (χ4n) is 7.31. The maximum atomic E-state index is 14.2. The van der Waals surface area contributed by atoms with Crippen molar-refractivity contribution in [2.45, 2.75) is 129 Å². The highest BCUT2D eigenvalue weighted by atomic mass is 32.1. The molecule has 0 unspecified atom stereocenters. The average Bonchev–Trinajstić information content (AvgIpc) is 3.61. The number of hydrogen-bond acceptors (Lipinski definition) is 12. The third kappa shape index (κ3) is 11.8. The van der Waals surface area contributed by atoms with Crippen LogP contribution in [0, 0.1) is 24.7 Å². The van der Waals surface area contributed by atoms with Gasteiger partial charge in [0, 0.05) is 56.7 Å². The molecule has 0 radical (unpaired) electrons. The van der Waals surface area contributed by atoms with Crippen molar-refractivity contribution >= 4 is 41.0 Å². The summed E-state index contributed by atoms with van der Waals surface area (Å²) in [6.45, 7) is 9.84. The largest absolute Gasteiger partial charge is 0.469 e. The molecule has 14 nitrogen and oxygen atoms in total. The number of esters is 2. The molecular weight excluding hydrogens is 711 g/mol. The number of aromatic nitrogens is 3. The first-order chi connectivity index (χ1) is 25.7. The molecule has 1 saturated heterocycles. The van der Waals surface area contributed by atoms with Gasteiger partial charge in [-0.1, -0.05) is 33.6 Å². The second-order valence-corrected chi connectivity index (χ2v) is 16.3. The molecule has 4 rings (SSSR count). The van der Waals surface area contributed by atoms with Gasteiger partial charge in [0.05, 0.1) is 19.1 Å². The molecule has 2 N–H and O–H groups in total. The van der Waals surface area contributed by atoms with Crippen LogP contribution in [0.25, 0.3) is 0 Å². The highest BCUT2D eigenvalue weighted by Crippen LogP contribution is 2.34. The predicted molar refractivity (Wildman–Crippen MR) is 204 cm³/mol. The standard InChI is InChI=1S/C39H59N7O7S/c1-23(2)31(46(7)38(50)34(27-12-11-13-27)44-36(49)30-14-9-10-17-45(30)6)19-32(53-26(5)47)37-43-29(22-54-37)35(48)42-28(18-25(4)39(51)52-8)15-16-33-40-20-24(3)21-41-33/h20-23,25,27-28,30-32,34H,9-19H2,1-8H3,(H,42,48)(H,44,49)/t25-,28-,30+,31+,32+,34-/m0/s1. The lowest BCUT2D eigenvalue weighted by Gasteiger charge is -2.41. The highest BCUT2D eigenvalue weighted by molar-refractivity contribution is 7.09. The van der Waals surface area contributed by atoms with Crippen molar-refractivity contribution < 1.29 is 33.4 Å². The first-order valence-corrected chi connectivity index (χ1v) is 20.1. The summed E-state index contributed by atoms with van der Waals surface area (Å²) in [7, 11) is 5.04. The van der Waals surface area contributed by atoms with Gasteiger partial charge in [0.25, 0.3) is 5.91 Å². The van der Waals surface area contributed by atoms with Crippen LogP contribution in [0.3, 0.4) is 0 Å². The molecule has 2 aliphatic rings. The van der Waals surface area contributed by atoms with E-state index in [1.165, 1.54) is 25.4 Å². The Labute approximate surface area is 323 Å². The summed E-state index contributed by atoms with van der Waals surface area (Å²) < 4.78 is 10.7. The van der Waals surface area contributed by atoms with Gasteiger partial charge in [-0.15, -0.1) is 11.3 Å². The number of carbonyl (C=O) groups excluding carboxylic acids is 5. The first-order valence-electron chi connectivity index (χ1n) is 19.2. The van der Waals surface area contributed by atoms with Gasteiger partial charge in [0.15, 0.2) is 6.10 Å². The molecule has 1 aliphatic carbocycles. The molecular formula is C39H59N7O7S. The first kappa shape index (κ1) is 42.8. The van der Waals surface area contributed by atoms with Crippen molar-refractivity contribution in [2.75, 3.05) is 27.7 Å². The lowest BCUT2D eigenvalue weighted by Crippen LogP contribution is -2.59. The summed E-state index contributed by atoms with van der Waals surface area (Å²) in [5, 5.41) is 8.22. The summed E-state index contributed by atoms with van der Waals surface area (Å²) in [5.74, 6) is -1.36. The molecule has 1 aliphatic heterocycles. The molecule has 1 saturated carbocycles. The van der Waals surface area contributed by atoms with E-state index in [-0.39, 0.29) is 53.8 Å². The second-order valence-electron chi connectivity index (χ2n) is 15.4. The molecule has 3 heterocycles.